The first kappa shape index (κ1) is 12.9. The normalized spacial score (nSPS) is 10.7. The molecular weight excluding hydrogens is 268 g/mol. The molecule has 3 aromatic rings. The zero-order valence-electron chi connectivity index (χ0n) is 11.5. The number of aryl methyl sites for hydroxylation is 2. The standard InChI is InChI=1S/C15H16N4S/c1-11-7-8-20-14(11)9-16-13-6-4-3-5-12(13)15-18-17-10-19(15)2/h3-8,10,16H,9H2,1-2H3. The van der Waals surface area contributed by atoms with Gasteiger partial charge in [-0.1, -0.05) is 12.1 Å². The van der Waals surface area contributed by atoms with Gasteiger partial charge in [-0.2, -0.15) is 0 Å². The minimum atomic E-state index is 0.832. The van der Waals surface area contributed by atoms with E-state index in [9.17, 15) is 0 Å². The summed E-state index contributed by atoms with van der Waals surface area (Å²) in [6.45, 7) is 2.97. The summed E-state index contributed by atoms with van der Waals surface area (Å²) in [5, 5.41) is 13.8. The molecular formula is C15H16N4S. The van der Waals surface area contributed by atoms with Gasteiger partial charge in [0.1, 0.15) is 6.33 Å². The van der Waals surface area contributed by atoms with Crippen molar-refractivity contribution in [2.45, 2.75) is 13.5 Å². The Labute approximate surface area is 122 Å². The lowest BCUT2D eigenvalue weighted by molar-refractivity contribution is 0.919. The number of thiophene rings is 1. The van der Waals surface area contributed by atoms with E-state index < -0.39 is 0 Å². The Balaban J connectivity index is 1.87. The first-order valence-corrected chi connectivity index (χ1v) is 7.34. The molecule has 102 valence electrons. The largest absolute Gasteiger partial charge is 0.380 e. The summed E-state index contributed by atoms with van der Waals surface area (Å²) < 4.78 is 1.93. The van der Waals surface area contributed by atoms with Crippen LogP contribution in [0.3, 0.4) is 0 Å². The second-order valence-electron chi connectivity index (χ2n) is 4.69. The Kier molecular flexibility index (Phi) is 3.52. The Morgan fingerprint density at radius 3 is 2.80 bits per heavy atom. The number of hydrogen-bond acceptors (Lipinski definition) is 4. The number of nitrogens with zero attached hydrogens (tertiary/aromatic N) is 3. The van der Waals surface area contributed by atoms with Crippen LogP contribution in [0.15, 0.2) is 42.0 Å². The van der Waals surface area contributed by atoms with Crippen molar-refractivity contribution < 1.29 is 0 Å². The first-order valence-electron chi connectivity index (χ1n) is 6.46. The van der Waals surface area contributed by atoms with E-state index in [1.54, 1.807) is 17.7 Å². The number of hydrogen-bond donors (Lipinski definition) is 1. The number of para-hydroxylation sites is 1. The predicted octanol–water partition coefficient (Wildman–Crippen LogP) is 3.46. The van der Waals surface area contributed by atoms with Gasteiger partial charge >= 0.3 is 0 Å². The molecule has 0 saturated carbocycles. The van der Waals surface area contributed by atoms with Crippen molar-refractivity contribution in [2.75, 3.05) is 5.32 Å². The fourth-order valence-electron chi connectivity index (χ4n) is 2.12. The Morgan fingerprint density at radius 2 is 2.10 bits per heavy atom. The highest BCUT2D eigenvalue weighted by molar-refractivity contribution is 7.10. The minimum absolute atomic E-state index is 0.832. The number of benzene rings is 1. The van der Waals surface area contributed by atoms with Crippen molar-refractivity contribution in [3.05, 3.63) is 52.5 Å². The molecule has 0 amide bonds. The minimum Gasteiger partial charge on any atom is -0.380 e. The molecule has 4 nitrogen and oxygen atoms in total. The van der Waals surface area contributed by atoms with Crippen LogP contribution in [-0.2, 0) is 13.6 Å². The van der Waals surface area contributed by atoms with Crippen LogP contribution in [-0.4, -0.2) is 14.8 Å². The van der Waals surface area contributed by atoms with Gasteiger partial charge in [0.15, 0.2) is 5.82 Å². The molecule has 0 aliphatic heterocycles. The molecule has 0 saturated heterocycles. The quantitative estimate of drug-likeness (QED) is 0.797. The van der Waals surface area contributed by atoms with Crippen LogP contribution in [0.1, 0.15) is 10.4 Å². The number of nitrogens with one attached hydrogen (secondary N) is 1. The SMILES string of the molecule is Cc1ccsc1CNc1ccccc1-c1nncn1C. The molecule has 0 aliphatic rings. The van der Waals surface area contributed by atoms with Crippen LogP contribution in [0.25, 0.3) is 11.4 Å². The summed E-state index contributed by atoms with van der Waals surface area (Å²) in [6.07, 6.45) is 1.72. The van der Waals surface area contributed by atoms with E-state index >= 15 is 0 Å². The van der Waals surface area contributed by atoms with Crippen LogP contribution in [0.2, 0.25) is 0 Å². The van der Waals surface area contributed by atoms with Gasteiger partial charge in [0.05, 0.1) is 0 Å². The van der Waals surface area contributed by atoms with Crippen LogP contribution < -0.4 is 5.32 Å². The van der Waals surface area contributed by atoms with Gasteiger partial charge in [-0.3, -0.25) is 0 Å². The van der Waals surface area contributed by atoms with Crippen molar-refractivity contribution in [2.24, 2.45) is 7.05 Å². The average molecular weight is 284 g/mol. The van der Waals surface area contributed by atoms with Crippen molar-refractivity contribution in [3.63, 3.8) is 0 Å². The molecule has 0 aliphatic carbocycles. The third-order valence-corrected chi connectivity index (χ3v) is 4.31. The number of rotatable bonds is 4. The maximum absolute atomic E-state index is 4.18. The summed E-state index contributed by atoms with van der Waals surface area (Å²) in [4.78, 5) is 1.36. The fourth-order valence-corrected chi connectivity index (χ4v) is 2.97. The van der Waals surface area contributed by atoms with Gasteiger partial charge in [-0.15, -0.1) is 21.5 Å². The first-order chi connectivity index (χ1) is 9.75. The summed E-state index contributed by atoms with van der Waals surface area (Å²) >= 11 is 1.78. The fraction of sp³-hybridized carbons (Fsp3) is 0.200. The van der Waals surface area contributed by atoms with E-state index in [0.717, 1.165) is 23.6 Å². The van der Waals surface area contributed by atoms with E-state index in [1.807, 2.05) is 23.7 Å². The van der Waals surface area contributed by atoms with Crippen molar-refractivity contribution >= 4 is 17.0 Å². The summed E-state index contributed by atoms with van der Waals surface area (Å²) in [7, 11) is 1.95. The maximum Gasteiger partial charge on any atom is 0.165 e. The topological polar surface area (TPSA) is 42.7 Å². The lowest BCUT2D eigenvalue weighted by Crippen LogP contribution is -2.02. The van der Waals surface area contributed by atoms with Crippen LogP contribution in [0.5, 0.6) is 0 Å². The average Bonchev–Trinajstić information content (AvgIpc) is 3.06. The van der Waals surface area contributed by atoms with Crippen LogP contribution in [0, 0.1) is 6.92 Å². The molecule has 20 heavy (non-hydrogen) atoms. The van der Waals surface area contributed by atoms with Gasteiger partial charge in [-0.25, -0.2) is 0 Å². The molecule has 5 heteroatoms. The van der Waals surface area contributed by atoms with E-state index in [0.29, 0.717) is 0 Å². The summed E-state index contributed by atoms with van der Waals surface area (Å²) in [5.41, 5.74) is 3.48. The Hall–Kier alpha value is -2.14. The molecule has 0 atom stereocenters. The van der Waals surface area contributed by atoms with Gasteiger partial charge in [0.2, 0.25) is 0 Å². The molecule has 2 aromatic heterocycles. The summed E-state index contributed by atoms with van der Waals surface area (Å²) in [6, 6.07) is 10.3. The highest BCUT2D eigenvalue weighted by atomic mass is 32.1. The Bertz CT molecular complexity index is 714. The lowest BCUT2D eigenvalue weighted by atomic mass is 10.1. The molecule has 0 spiro atoms. The zero-order valence-corrected chi connectivity index (χ0v) is 12.3. The van der Waals surface area contributed by atoms with Crippen LogP contribution in [0.4, 0.5) is 5.69 Å². The zero-order chi connectivity index (χ0) is 13.9. The molecule has 0 fully saturated rings. The molecule has 1 aromatic carbocycles. The number of aromatic nitrogens is 3. The lowest BCUT2D eigenvalue weighted by Gasteiger charge is -2.11. The third kappa shape index (κ3) is 2.44. The van der Waals surface area contributed by atoms with E-state index in [-0.39, 0.29) is 0 Å². The van der Waals surface area contributed by atoms with E-state index in [1.165, 1.54) is 10.4 Å². The van der Waals surface area contributed by atoms with Gasteiger partial charge in [0, 0.05) is 29.7 Å². The van der Waals surface area contributed by atoms with E-state index in [2.05, 4.69) is 46.0 Å². The van der Waals surface area contributed by atoms with Gasteiger partial charge in [-0.05, 0) is 36.1 Å². The van der Waals surface area contributed by atoms with Gasteiger partial charge in [0.25, 0.3) is 0 Å². The maximum atomic E-state index is 4.18. The highest BCUT2D eigenvalue weighted by Gasteiger charge is 2.10. The molecule has 2 heterocycles. The predicted molar refractivity (Wildman–Crippen MR) is 82.8 cm³/mol. The number of anilines is 1. The molecule has 0 radical (unpaired) electrons. The van der Waals surface area contributed by atoms with Crippen molar-refractivity contribution in [1.29, 1.82) is 0 Å². The third-order valence-electron chi connectivity index (χ3n) is 3.29. The molecule has 0 unspecified atom stereocenters. The molecule has 1 N–H and O–H groups in total. The van der Waals surface area contributed by atoms with Gasteiger partial charge < -0.3 is 9.88 Å². The van der Waals surface area contributed by atoms with Crippen LogP contribution >= 0.6 is 11.3 Å². The molecule has 3 rings (SSSR count). The highest BCUT2D eigenvalue weighted by Crippen LogP contribution is 2.27. The van der Waals surface area contributed by atoms with E-state index in [4.69, 9.17) is 0 Å². The van der Waals surface area contributed by atoms with Crippen molar-refractivity contribution in [1.82, 2.24) is 14.8 Å². The second-order valence-corrected chi connectivity index (χ2v) is 5.69. The monoisotopic (exact) mass is 284 g/mol. The smallest absolute Gasteiger partial charge is 0.165 e. The molecule has 0 bridgehead atoms. The summed E-state index contributed by atoms with van der Waals surface area (Å²) in [5.74, 6) is 0.871. The second kappa shape index (κ2) is 5.46. The Morgan fingerprint density at radius 1 is 1.25 bits per heavy atom. The van der Waals surface area contributed by atoms with Crippen molar-refractivity contribution in [3.8, 4) is 11.4 Å².